The number of carbonyl (C=O) groups is 1. The Kier molecular flexibility index (Phi) is 6.42. The van der Waals surface area contributed by atoms with Gasteiger partial charge in [0, 0.05) is 5.39 Å². The summed E-state index contributed by atoms with van der Waals surface area (Å²) in [6, 6.07) is 6.29. The highest BCUT2D eigenvalue weighted by atomic mass is 32.2. The van der Waals surface area contributed by atoms with Gasteiger partial charge in [0.2, 0.25) is 0 Å². The molecule has 3 N–H and O–H groups in total. The van der Waals surface area contributed by atoms with Crippen LogP contribution in [0.15, 0.2) is 52.5 Å². The number of carbonyl (C=O) groups excluding carboxylic acids is 1. The number of nitrogens with zero attached hydrogens (tertiary/aromatic N) is 5. The first-order valence-electron chi connectivity index (χ1n) is 10.7. The number of tetrazole rings is 1. The minimum atomic E-state index is -5.07. The minimum Gasteiger partial charge on any atom is -0.357 e. The van der Waals surface area contributed by atoms with E-state index in [0.29, 0.717) is 22.5 Å². The van der Waals surface area contributed by atoms with E-state index in [4.69, 9.17) is 0 Å². The number of alkyl halides is 6. The van der Waals surface area contributed by atoms with Crippen molar-refractivity contribution in [2.45, 2.75) is 25.3 Å². The molecule has 4 aromatic rings. The van der Waals surface area contributed by atoms with Gasteiger partial charge in [-0.15, -0.1) is 10.2 Å². The average Bonchev–Trinajstić information content (AvgIpc) is 3.61. The molecule has 2 aromatic carbocycles. The van der Waals surface area contributed by atoms with Crippen LogP contribution < -0.4 is 5.32 Å². The van der Waals surface area contributed by atoms with Gasteiger partial charge in [-0.05, 0) is 59.1 Å². The van der Waals surface area contributed by atoms with Crippen LogP contribution in [-0.2, 0) is 30.1 Å². The molecule has 9 nitrogen and oxygen atoms in total. The van der Waals surface area contributed by atoms with Crippen LogP contribution >= 0.6 is 11.8 Å². The van der Waals surface area contributed by atoms with E-state index in [1.807, 2.05) is 0 Å². The maximum atomic E-state index is 13.9. The van der Waals surface area contributed by atoms with Gasteiger partial charge in [-0.2, -0.15) is 41.6 Å². The molecule has 0 saturated carbocycles. The van der Waals surface area contributed by atoms with Crippen LogP contribution in [-0.4, -0.2) is 41.9 Å². The zero-order valence-corrected chi connectivity index (χ0v) is 19.6. The number of thioether (sulfide) groups is 1. The number of aromatic nitrogens is 6. The third-order valence-corrected chi connectivity index (χ3v) is 6.61. The van der Waals surface area contributed by atoms with Gasteiger partial charge >= 0.3 is 12.4 Å². The Balaban J connectivity index is 1.57. The van der Waals surface area contributed by atoms with Crippen molar-refractivity contribution in [2.75, 3.05) is 0 Å². The molecule has 3 heterocycles. The summed E-state index contributed by atoms with van der Waals surface area (Å²) in [5.41, 5.74) is -2.10. The Labute approximate surface area is 212 Å². The molecular weight excluding hydrogens is 538 g/mol. The Morgan fingerprint density at radius 1 is 1.03 bits per heavy atom. The second-order valence-electron chi connectivity index (χ2n) is 8.03. The molecule has 0 radical (unpaired) electrons. The normalized spacial score (nSPS) is 15.7. The number of rotatable bonds is 5. The topological polar surface area (TPSA) is 125 Å². The quantitative estimate of drug-likeness (QED) is 0.246. The van der Waals surface area contributed by atoms with Crippen LogP contribution in [0.25, 0.3) is 16.5 Å². The Hall–Kier alpha value is -4.21. The first kappa shape index (κ1) is 25.4. The van der Waals surface area contributed by atoms with Crippen molar-refractivity contribution in [1.82, 2.24) is 36.1 Å². The maximum absolute atomic E-state index is 13.9. The smallest absolute Gasteiger partial charge is 0.357 e. The molecule has 38 heavy (non-hydrogen) atoms. The van der Waals surface area contributed by atoms with E-state index in [1.54, 1.807) is 18.2 Å². The summed E-state index contributed by atoms with van der Waals surface area (Å²) >= 11 is 0.889. The summed E-state index contributed by atoms with van der Waals surface area (Å²) in [5, 5.41) is 23.5. The number of amidine groups is 1. The third kappa shape index (κ3) is 5.25. The van der Waals surface area contributed by atoms with Crippen molar-refractivity contribution in [2.24, 2.45) is 4.99 Å². The van der Waals surface area contributed by atoms with Gasteiger partial charge < -0.3 is 5.32 Å². The van der Waals surface area contributed by atoms with E-state index in [1.165, 1.54) is 6.20 Å². The van der Waals surface area contributed by atoms with Crippen LogP contribution in [0.2, 0.25) is 0 Å². The summed E-state index contributed by atoms with van der Waals surface area (Å²) in [6.07, 6.45) is -9.02. The van der Waals surface area contributed by atoms with Crippen LogP contribution in [0.5, 0.6) is 0 Å². The summed E-state index contributed by atoms with van der Waals surface area (Å²) < 4.78 is 81.1. The summed E-state index contributed by atoms with van der Waals surface area (Å²) in [4.78, 5) is 16.8. The van der Waals surface area contributed by atoms with E-state index >= 15 is 0 Å². The van der Waals surface area contributed by atoms with Crippen LogP contribution in [0.4, 0.5) is 26.3 Å². The SMILES string of the molecule is O=C1N=C(NCc2nn[nH]n2)SC1=C(Cc1ccc(C(F)(F)F)cc1C(F)(F)F)c1ccc2[nH]ncc2c1. The first-order chi connectivity index (χ1) is 18.0. The van der Waals surface area contributed by atoms with E-state index < -0.39 is 41.4 Å². The van der Waals surface area contributed by atoms with E-state index in [-0.39, 0.29) is 34.1 Å². The van der Waals surface area contributed by atoms with Crippen molar-refractivity contribution in [3.05, 3.63) is 75.6 Å². The number of H-pyrrole nitrogens is 2. The van der Waals surface area contributed by atoms with E-state index in [0.717, 1.165) is 17.8 Å². The van der Waals surface area contributed by atoms with Gasteiger partial charge in [-0.25, -0.2) is 0 Å². The lowest BCUT2D eigenvalue weighted by molar-refractivity contribution is -0.143. The molecule has 1 aliphatic rings. The molecule has 1 aliphatic heterocycles. The number of hydrogen-bond acceptors (Lipinski definition) is 7. The molecule has 2 aromatic heterocycles. The van der Waals surface area contributed by atoms with Gasteiger partial charge in [0.05, 0.1) is 34.3 Å². The highest BCUT2D eigenvalue weighted by Gasteiger charge is 2.38. The van der Waals surface area contributed by atoms with E-state index in [2.05, 4.69) is 41.1 Å². The van der Waals surface area contributed by atoms with Gasteiger partial charge in [0.25, 0.3) is 5.91 Å². The number of fused-ring (bicyclic) bond motifs is 1. The van der Waals surface area contributed by atoms with Gasteiger partial charge in [-0.1, -0.05) is 17.3 Å². The lowest BCUT2D eigenvalue weighted by Gasteiger charge is -2.18. The van der Waals surface area contributed by atoms with Crippen molar-refractivity contribution >= 4 is 39.3 Å². The van der Waals surface area contributed by atoms with Crippen molar-refractivity contribution < 1.29 is 31.1 Å². The van der Waals surface area contributed by atoms with Crippen LogP contribution in [0, 0.1) is 0 Å². The predicted molar refractivity (Wildman–Crippen MR) is 124 cm³/mol. The van der Waals surface area contributed by atoms with Crippen LogP contribution in [0.1, 0.15) is 28.1 Å². The highest BCUT2D eigenvalue weighted by molar-refractivity contribution is 8.18. The molecule has 0 fully saturated rings. The molecule has 16 heteroatoms. The third-order valence-electron chi connectivity index (χ3n) is 5.56. The first-order valence-corrected chi connectivity index (χ1v) is 11.5. The van der Waals surface area contributed by atoms with Gasteiger partial charge in [0.15, 0.2) is 11.0 Å². The Morgan fingerprint density at radius 2 is 1.84 bits per heavy atom. The lowest BCUT2D eigenvalue weighted by Crippen LogP contribution is -2.19. The number of aromatic amines is 2. The second-order valence-corrected chi connectivity index (χ2v) is 9.03. The number of amides is 1. The molecule has 196 valence electrons. The molecular formula is C22H14F6N8OS. The van der Waals surface area contributed by atoms with Crippen LogP contribution in [0.3, 0.4) is 0 Å². The number of allylic oxidation sites excluding steroid dienone is 1. The fourth-order valence-electron chi connectivity index (χ4n) is 3.79. The number of aliphatic imine (C=N–C) groups is 1. The molecule has 0 atom stereocenters. The largest absolute Gasteiger partial charge is 0.416 e. The molecule has 0 aliphatic carbocycles. The van der Waals surface area contributed by atoms with Gasteiger partial charge in [-0.3, -0.25) is 9.89 Å². The van der Waals surface area contributed by atoms with Gasteiger partial charge in [0.1, 0.15) is 0 Å². The Bertz CT molecular complexity index is 1570. The maximum Gasteiger partial charge on any atom is 0.416 e. The number of hydrogen-bond donors (Lipinski definition) is 3. The number of nitrogens with one attached hydrogen (secondary N) is 3. The molecule has 0 spiro atoms. The number of benzene rings is 2. The second kappa shape index (κ2) is 9.59. The fraction of sp³-hybridized carbons (Fsp3) is 0.182. The molecule has 5 rings (SSSR count). The summed E-state index contributed by atoms with van der Waals surface area (Å²) in [5.74, 6) is -0.434. The highest BCUT2D eigenvalue weighted by Crippen LogP contribution is 2.41. The monoisotopic (exact) mass is 552 g/mol. The van der Waals surface area contributed by atoms with Crippen molar-refractivity contribution in [3.8, 4) is 0 Å². The number of halogens is 6. The molecule has 0 saturated heterocycles. The zero-order valence-electron chi connectivity index (χ0n) is 18.8. The van der Waals surface area contributed by atoms with E-state index in [9.17, 15) is 31.1 Å². The fourth-order valence-corrected chi connectivity index (χ4v) is 4.70. The summed E-state index contributed by atoms with van der Waals surface area (Å²) in [6.45, 7) is 0.0658. The molecule has 0 unspecified atom stereocenters. The average molecular weight is 552 g/mol. The van der Waals surface area contributed by atoms with Crippen molar-refractivity contribution in [3.63, 3.8) is 0 Å². The van der Waals surface area contributed by atoms with Crippen molar-refractivity contribution in [1.29, 1.82) is 0 Å². The Morgan fingerprint density at radius 3 is 2.55 bits per heavy atom. The zero-order chi connectivity index (χ0) is 27.1. The lowest BCUT2D eigenvalue weighted by atomic mass is 9.92. The predicted octanol–water partition coefficient (Wildman–Crippen LogP) is 4.49. The molecule has 1 amide bonds. The summed E-state index contributed by atoms with van der Waals surface area (Å²) in [7, 11) is 0. The standard InChI is InChI=1S/C22H14F6N8OS/c23-21(24,25)13-3-1-11(15(7-13)22(26,27)28)6-14(10-2-4-16-12(5-10)8-30-32-16)18-19(37)31-20(38-18)29-9-17-33-35-36-34-17/h1-5,7-8H,6,9H2,(H,30,32)(H,29,31,37)(H,33,34,35,36). The minimum absolute atomic E-state index is 0.0245. The molecule has 0 bridgehead atoms.